The number of nitrogens with zero attached hydrogens (tertiary/aromatic N) is 1. The zero-order chi connectivity index (χ0) is 13.3. The maximum absolute atomic E-state index is 13.7. The average molecular weight is 331 g/mol. The molecule has 0 saturated heterocycles. The van der Waals surface area contributed by atoms with E-state index in [4.69, 9.17) is 5.73 Å². The van der Waals surface area contributed by atoms with Crippen molar-refractivity contribution in [2.75, 3.05) is 12.8 Å². The molecule has 0 fully saturated rings. The zero-order valence-electron chi connectivity index (χ0n) is 9.24. The van der Waals surface area contributed by atoms with Crippen molar-refractivity contribution in [3.05, 3.63) is 34.2 Å². The molecule has 0 radical (unpaired) electrons. The number of ether oxygens (including phenoxy) is 1. The van der Waals surface area contributed by atoms with Gasteiger partial charge in [0.25, 0.3) is 0 Å². The Bertz CT molecular complexity index is 615. The minimum absolute atomic E-state index is 0.0110. The summed E-state index contributed by atoms with van der Waals surface area (Å²) >= 11 is 4.29. The van der Waals surface area contributed by atoms with Crippen molar-refractivity contribution in [2.24, 2.45) is 0 Å². The minimum Gasteiger partial charge on any atom is -0.464 e. The number of anilines is 1. The smallest absolute Gasteiger partial charge is 0.359 e. The molecule has 7 heteroatoms. The van der Waals surface area contributed by atoms with Gasteiger partial charge in [-0.05, 0) is 18.2 Å². The number of aromatic nitrogens is 1. The van der Waals surface area contributed by atoms with E-state index < -0.39 is 11.8 Å². The lowest BCUT2D eigenvalue weighted by Gasteiger charge is -1.99. The Morgan fingerprint density at radius 1 is 1.56 bits per heavy atom. The molecular formula is C11H8BrFN2O2S. The van der Waals surface area contributed by atoms with Gasteiger partial charge in [0.2, 0.25) is 0 Å². The van der Waals surface area contributed by atoms with E-state index in [1.807, 2.05) is 0 Å². The van der Waals surface area contributed by atoms with Crippen LogP contribution in [0, 0.1) is 5.82 Å². The summed E-state index contributed by atoms with van der Waals surface area (Å²) in [5.41, 5.74) is 5.96. The second-order valence-electron chi connectivity index (χ2n) is 3.35. The number of thiazole rings is 1. The van der Waals surface area contributed by atoms with Crippen LogP contribution in [0.1, 0.15) is 10.5 Å². The molecule has 18 heavy (non-hydrogen) atoms. The van der Waals surface area contributed by atoms with Gasteiger partial charge in [-0.15, -0.1) is 0 Å². The van der Waals surface area contributed by atoms with Crippen LogP contribution in [0.4, 0.5) is 9.39 Å². The Kier molecular flexibility index (Phi) is 3.63. The number of carbonyl (C=O) groups is 1. The molecule has 1 heterocycles. The van der Waals surface area contributed by atoms with E-state index in [9.17, 15) is 9.18 Å². The van der Waals surface area contributed by atoms with E-state index in [0.29, 0.717) is 9.48 Å². The fraction of sp³-hybridized carbons (Fsp3) is 0.0909. The SMILES string of the molecule is COC(=O)c1nc(-c2cc(Br)ccc2F)sc1N. The lowest BCUT2D eigenvalue weighted by Crippen LogP contribution is -2.04. The minimum atomic E-state index is -0.634. The molecule has 1 aromatic heterocycles. The largest absolute Gasteiger partial charge is 0.464 e. The summed E-state index contributed by atoms with van der Waals surface area (Å²) in [6, 6.07) is 4.47. The number of esters is 1. The Morgan fingerprint density at radius 2 is 2.28 bits per heavy atom. The number of nitrogen functional groups attached to an aromatic ring is 1. The number of hydrogen-bond acceptors (Lipinski definition) is 5. The zero-order valence-corrected chi connectivity index (χ0v) is 11.6. The quantitative estimate of drug-likeness (QED) is 0.859. The van der Waals surface area contributed by atoms with E-state index in [-0.39, 0.29) is 16.3 Å². The van der Waals surface area contributed by atoms with E-state index in [2.05, 4.69) is 25.7 Å². The summed E-state index contributed by atoms with van der Waals surface area (Å²) < 4.78 is 18.9. The van der Waals surface area contributed by atoms with Crippen LogP contribution in [0.25, 0.3) is 10.6 Å². The first-order chi connectivity index (χ1) is 8.52. The third-order valence-corrected chi connectivity index (χ3v) is 3.60. The Hall–Kier alpha value is -1.47. The van der Waals surface area contributed by atoms with Crippen molar-refractivity contribution in [1.82, 2.24) is 4.98 Å². The second kappa shape index (κ2) is 5.03. The Balaban J connectivity index is 2.52. The maximum atomic E-state index is 13.7. The van der Waals surface area contributed by atoms with Crippen LogP contribution in [0.15, 0.2) is 22.7 Å². The summed E-state index contributed by atoms with van der Waals surface area (Å²) in [7, 11) is 1.24. The van der Waals surface area contributed by atoms with Crippen LogP contribution < -0.4 is 5.73 Å². The number of methoxy groups -OCH3 is 1. The average Bonchev–Trinajstić information content (AvgIpc) is 2.73. The predicted octanol–water partition coefficient (Wildman–Crippen LogP) is 3.08. The monoisotopic (exact) mass is 330 g/mol. The number of nitrogens with two attached hydrogens (primary N) is 1. The molecule has 0 spiro atoms. The van der Waals surface area contributed by atoms with Crippen LogP contribution in [0.5, 0.6) is 0 Å². The second-order valence-corrected chi connectivity index (χ2v) is 5.29. The molecular weight excluding hydrogens is 323 g/mol. The molecule has 0 unspecified atom stereocenters. The lowest BCUT2D eigenvalue weighted by atomic mass is 10.2. The number of rotatable bonds is 2. The first kappa shape index (κ1) is 13.0. The highest BCUT2D eigenvalue weighted by atomic mass is 79.9. The van der Waals surface area contributed by atoms with Crippen molar-refractivity contribution < 1.29 is 13.9 Å². The van der Waals surface area contributed by atoms with Crippen molar-refractivity contribution in [1.29, 1.82) is 0 Å². The third-order valence-electron chi connectivity index (χ3n) is 2.19. The molecule has 2 aromatic rings. The third kappa shape index (κ3) is 2.37. The molecule has 4 nitrogen and oxygen atoms in total. The number of benzene rings is 1. The van der Waals surface area contributed by atoms with Gasteiger partial charge in [0, 0.05) is 10.0 Å². The van der Waals surface area contributed by atoms with Crippen LogP contribution >= 0.6 is 27.3 Å². The number of halogens is 2. The number of carbonyl (C=O) groups excluding carboxylic acids is 1. The maximum Gasteiger partial charge on any atom is 0.359 e. The van der Waals surface area contributed by atoms with Gasteiger partial charge in [0.05, 0.1) is 7.11 Å². The van der Waals surface area contributed by atoms with Gasteiger partial charge in [0.1, 0.15) is 15.8 Å². The molecule has 0 amide bonds. The molecule has 0 atom stereocenters. The van der Waals surface area contributed by atoms with Crippen LogP contribution in [-0.4, -0.2) is 18.1 Å². The Morgan fingerprint density at radius 3 is 2.94 bits per heavy atom. The molecule has 0 aliphatic carbocycles. The number of hydrogen-bond donors (Lipinski definition) is 1. The molecule has 2 rings (SSSR count). The summed E-state index contributed by atoms with van der Waals surface area (Å²) in [5.74, 6) is -1.06. The van der Waals surface area contributed by atoms with Crippen LogP contribution in [0.3, 0.4) is 0 Å². The topological polar surface area (TPSA) is 65.2 Å². The van der Waals surface area contributed by atoms with E-state index in [1.54, 1.807) is 12.1 Å². The predicted molar refractivity (Wildman–Crippen MR) is 71.0 cm³/mol. The Labute approximate surface area is 115 Å². The van der Waals surface area contributed by atoms with Crippen molar-refractivity contribution in [3.63, 3.8) is 0 Å². The van der Waals surface area contributed by atoms with Crippen molar-refractivity contribution >= 4 is 38.2 Å². The first-order valence-corrected chi connectivity index (χ1v) is 6.44. The lowest BCUT2D eigenvalue weighted by molar-refractivity contribution is 0.0596. The van der Waals surface area contributed by atoms with Gasteiger partial charge in [-0.1, -0.05) is 27.3 Å². The van der Waals surface area contributed by atoms with Gasteiger partial charge in [-0.25, -0.2) is 14.2 Å². The van der Waals surface area contributed by atoms with Gasteiger partial charge < -0.3 is 10.5 Å². The molecule has 0 bridgehead atoms. The van der Waals surface area contributed by atoms with Crippen molar-refractivity contribution in [2.45, 2.75) is 0 Å². The van der Waals surface area contributed by atoms with Gasteiger partial charge in [0.15, 0.2) is 5.69 Å². The molecule has 0 aliphatic heterocycles. The molecule has 94 valence electrons. The van der Waals surface area contributed by atoms with Gasteiger partial charge in [-0.2, -0.15) is 0 Å². The molecule has 2 N–H and O–H groups in total. The highest BCUT2D eigenvalue weighted by molar-refractivity contribution is 9.10. The fourth-order valence-electron chi connectivity index (χ4n) is 1.35. The highest BCUT2D eigenvalue weighted by Gasteiger charge is 2.19. The fourth-order valence-corrected chi connectivity index (χ4v) is 2.55. The van der Waals surface area contributed by atoms with Gasteiger partial charge >= 0.3 is 5.97 Å². The summed E-state index contributed by atoms with van der Waals surface area (Å²) in [6.45, 7) is 0. The van der Waals surface area contributed by atoms with E-state index >= 15 is 0 Å². The van der Waals surface area contributed by atoms with Crippen LogP contribution in [-0.2, 0) is 4.74 Å². The normalized spacial score (nSPS) is 10.4. The van der Waals surface area contributed by atoms with Crippen molar-refractivity contribution in [3.8, 4) is 10.6 Å². The standard InChI is InChI=1S/C11H8BrFN2O2S/c1-17-11(16)8-9(14)18-10(15-8)6-4-5(12)2-3-7(6)13/h2-4H,14H2,1H3. The first-order valence-electron chi connectivity index (χ1n) is 4.83. The molecule has 0 saturated carbocycles. The summed E-state index contributed by atoms with van der Waals surface area (Å²) in [5, 5.41) is 0.544. The highest BCUT2D eigenvalue weighted by Crippen LogP contribution is 2.33. The van der Waals surface area contributed by atoms with Gasteiger partial charge in [-0.3, -0.25) is 0 Å². The summed E-state index contributed by atoms with van der Waals surface area (Å²) in [6.07, 6.45) is 0. The van der Waals surface area contributed by atoms with Crippen LogP contribution in [0.2, 0.25) is 0 Å². The summed E-state index contributed by atoms with van der Waals surface area (Å²) in [4.78, 5) is 15.4. The van der Waals surface area contributed by atoms with E-state index in [1.165, 1.54) is 13.2 Å². The van der Waals surface area contributed by atoms with E-state index in [0.717, 1.165) is 11.3 Å². The molecule has 1 aromatic carbocycles. The molecule has 0 aliphatic rings.